The first-order valence-electron chi connectivity index (χ1n) is 6.08. The van der Waals surface area contributed by atoms with Crippen LogP contribution in [0.2, 0.25) is 0 Å². The molecule has 2 radical (unpaired) electrons. The smallest absolute Gasteiger partial charge is 0.00506 e. The zero-order valence-electron chi connectivity index (χ0n) is 12.3. The van der Waals surface area contributed by atoms with Gasteiger partial charge in [0.25, 0.3) is 0 Å². The van der Waals surface area contributed by atoms with Gasteiger partial charge in [-0.15, -0.1) is 27.7 Å². The van der Waals surface area contributed by atoms with E-state index in [1.165, 1.54) is 11.1 Å². The minimum absolute atomic E-state index is 0. The van der Waals surface area contributed by atoms with Crippen LogP contribution in [-0.4, -0.2) is 0 Å². The molecule has 0 amide bonds. The topological polar surface area (TPSA) is 0 Å². The van der Waals surface area contributed by atoms with Crippen molar-refractivity contribution in [1.29, 1.82) is 0 Å². The summed E-state index contributed by atoms with van der Waals surface area (Å²) in [5, 5.41) is 0. The predicted molar refractivity (Wildman–Crippen MR) is 81.4 cm³/mol. The summed E-state index contributed by atoms with van der Waals surface area (Å²) < 4.78 is 0. The van der Waals surface area contributed by atoms with Crippen molar-refractivity contribution in [1.82, 2.24) is 0 Å². The van der Waals surface area contributed by atoms with Crippen molar-refractivity contribution in [2.45, 2.75) is 27.7 Å². The average molecular weight is 417 g/mol. The Morgan fingerprint density at radius 2 is 0.842 bits per heavy atom. The molecule has 0 aromatic rings. The van der Waals surface area contributed by atoms with Crippen LogP contribution in [0.3, 0.4) is 0 Å². The molecule has 19 heavy (non-hydrogen) atoms. The molecule has 100 valence electrons. The third-order valence-corrected chi connectivity index (χ3v) is 2.42. The second kappa shape index (κ2) is 15.4. The van der Waals surface area contributed by atoms with Crippen molar-refractivity contribution < 1.29 is 25.8 Å². The Balaban J connectivity index is 0. The van der Waals surface area contributed by atoms with Crippen molar-refractivity contribution in [3.8, 4) is 0 Å². The zero-order valence-corrected chi connectivity index (χ0v) is 15.9. The summed E-state index contributed by atoms with van der Waals surface area (Å²) >= 11 is 0. The second-order valence-electron chi connectivity index (χ2n) is 3.67. The summed E-state index contributed by atoms with van der Waals surface area (Å²) in [5.74, 6) is 0. The molecule has 0 unspecified atom stereocenters. The molecule has 0 atom stereocenters. The monoisotopic (exact) mass is 418 g/mol. The van der Waals surface area contributed by atoms with E-state index < -0.39 is 0 Å². The Hall–Kier alpha value is -0.690. The van der Waals surface area contributed by atoms with Crippen LogP contribution >= 0.6 is 0 Å². The third kappa shape index (κ3) is 13.5. The van der Waals surface area contributed by atoms with Crippen LogP contribution in [0.15, 0.2) is 59.8 Å². The molecule has 0 aliphatic heterocycles. The van der Waals surface area contributed by atoms with Crippen molar-refractivity contribution in [3.63, 3.8) is 0 Å². The van der Waals surface area contributed by atoms with E-state index in [1.54, 1.807) is 0 Å². The van der Waals surface area contributed by atoms with Crippen molar-refractivity contribution >= 4 is 0 Å². The molecule has 0 N–H and O–H groups in total. The molecule has 2 aliphatic rings. The fourth-order valence-electron chi connectivity index (χ4n) is 1.02. The minimum Gasteiger partial charge on any atom is -0.376 e. The van der Waals surface area contributed by atoms with Crippen LogP contribution in [0.1, 0.15) is 27.7 Å². The summed E-state index contributed by atoms with van der Waals surface area (Å²) in [4.78, 5) is 0. The Bertz CT molecular complexity index is 318. The van der Waals surface area contributed by atoms with E-state index in [-0.39, 0.29) is 25.8 Å². The van der Waals surface area contributed by atoms with E-state index >= 15 is 0 Å². The molecule has 0 aromatic heterocycles. The van der Waals surface area contributed by atoms with Gasteiger partial charge in [0.2, 0.25) is 0 Å². The van der Waals surface area contributed by atoms with Crippen molar-refractivity contribution in [2.24, 2.45) is 0 Å². The SMILES string of the molecule is C[C-]=C(C)C(C)=[C-]C.[CH]1C=CC=C1.[CH]1C=CC=C1.[Hf]. The summed E-state index contributed by atoms with van der Waals surface area (Å²) in [7, 11) is 0. The summed E-state index contributed by atoms with van der Waals surface area (Å²) in [6.45, 7) is 7.89. The van der Waals surface area contributed by atoms with Crippen LogP contribution in [-0.2, 0) is 25.8 Å². The average Bonchev–Trinajstić information content (AvgIpc) is 3.12. The van der Waals surface area contributed by atoms with Gasteiger partial charge in [-0.05, 0) is 0 Å². The third-order valence-electron chi connectivity index (χ3n) is 2.42. The fourth-order valence-corrected chi connectivity index (χ4v) is 1.02. The molecular formula is C18H22Hf-2. The summed E-state index contributed by atoms with van der Waals surface area (Å²) in [5.41, 5.74) is 2.38. The number of rotatable bonds is 1. The molecule has 0 nitrogen and oxygen atoms in total. The van der Waals surface area contributed by atoms with Crippen LogP contribution in [0.5, 0.6) is 0 Å². The zero-order chi connectivity index (χ0) is 13.6. The molecule has 0 saturated carbocycles. The standard InChI is InChI=1S/C8H12.2C5H5.Hf/c1-5-7(3)8(4)6-2;2*1-2-4-5-3-1;/h1-4H3;2*1-5H;/q-2;;;. The van der Waals surface area contributed by atoms with Crippen LogP contribution in [0, 0.1) is 25.0 Å². The molecule has 0 bridgehead atoms. The van der Waals surface area contributed by atoms with Gasteiger partial charge in [0.05, 0.1) is 0 Å². The predicted octanol–water partition coefficient (Wildman–Crippen LogP) is 5.16. The number of allylic oxidation sites excluding steroid dienone is 12. The van der Waals surface area contributed by atoms with Gasteiger partial charge < -0.3 is 23.3 Å². The molecule has 0 saturated heterocycles. The van der Waals surface area contributed by atoms with Crippen molar-refractivity contribution in [2.75, 3.05) is 0 Å². The first-order valence-corrected chi connectivity index (χ1v) is 6.08. The van der Waals surface area contributed by atoms with E-state index in [0.29, 0.717) is 0 Å². The molecule has 0 heterocycles. The van der Waals surface area contributed by atoms with Gasteiger partial charge in [0.1, 0.15) is 0 Å². The van der Waals surface area contributed by atoms with E-state index in [9.17, 15) is 0 Å². The molecule has 1 heteroatoms. The Kier molecular flexibility index (Phi) is 16.7. The summed E-state index contributed by atoms with van der Waals surface area (Å²) in [6, 6.07) is 0. The van der Waals surface area contributed by atoms with Crippen LogP contribution in [0.25, 0.3) is 0 Å². The van der Waals surface area contributed by atoms with E-state index in [2.05, 4.69) is 12.2 Å². The van der Waals surface area contributed by atoms with E-state index in [0.717, 1.165) is 0 Å². The maximum absolute atomic E-state index is 3.03. The van der Waals surface area contributed by atoms with E-state index in [1.807, 2.05) is 89.1 Å². The van der Waals surface area contributed by atoms with E-state index in [4.69, 9.17) is 0 Å². The van der Waals surface area contributed by atoms with Gasteiger partial charge in [-0.2, -0.15) is 0 Å². The Morgan fingerprint density at radius 1 is 0.579 bits per heavy atom. The van der Waals surface area contributed by atoms with Gasteiger partial charge in [-0.25, -0.2) is 0 Å². The maximum atomic E-state index is 3.03. The molecule has 0 fully saturated rings. The van der Waals surface area contributed by atoms with Gasteiger partial charge in [-0.1, -0.05) is 48.6 Å². The number of hydrogen-bond acceptors (Lipinski definition) is 0. The number of hydrogen-bond donors (Lipinski definition) is 0. The molecule has 0 aromatic carbocycles. The molecular weight excluding hydrogens is 395 g/mol. The minimum atomic E-state index is 0. The van der Waals surface area contributed by atoms with Crippen LogP contribution < -0.4 is 0 Å². The molecule has 2 rings (SSSR count). The first-order chi connectivity index (χ1) is 8.72. The van der Waals surface area contributed by atoms with Gasteiger partial charge in [0, 0.05) is 38.7 Å². The van der Waals surface area contributed by atoms with Crippen LogP contribution in [0.4, 0.5) is 0 Å². The normalized spacial score (nSPS) is 15.4. The fraction of sp³-hybridized carbons (Fsp3) is 0.222. The molecule has 2 aliphatic carbocycles. The van der Waals surface area contributed by atoms with Gasteiger partial charge in [-0.3, -0.25) is 0 Å². The maximum Gasteiger partial charge on any atom is 0.00506 e. The Morgan fingerprint density at radius 3 is 0.947 bits per heavy atom. The largest absolute Gasteiger partial charge is 0.376 e. The summed E-state index contributed by atoms with van der Waals surface area (Å²) in [6.07, 6.45) is 26.1. The van der Waals surface area contributed by atoms with Gasteiger partial charge >= 0.3 is 0 Å². The quantitative estimate of drug-likeness (QED) is 0.315. The molecule has 0 spiro atoms. The Labute approximate surface area is 138 Å². The second-order valence-corrected chi connectivity index (χ2v) is 3.67. The van der Waals surface area contributed by atoms with Gasteiger partial charge in [0.15, 0.2) is 0 Å². The van der Waals surface area contributed by atoms with Crippen molar-refractivity contribution in [3.05, 3.63) is 84.7 Å². The first kappa shape index (κ1) is 20.6.